The number of pyridine rings is 2. The Balaban J connectivity index is 0.000000192. The molecule has 4 aliphatic heterocycles. The quantitative estimate of drug-likeness (QED) is 0.122. The molecule has 69 heavy (non-hydrogen) atoms. The number of halogens is 2. The molecule has 12 nitrogen and oxygen atoms in total. The van der Waals surface area contributed by atoms with Crippen LogP contribution in [0.2, 0.25) is 0 Å². The van der Waals surface area contributed by atoms with E-state index >= 15 is 0 Å². The van der Waals surface area contributed by atoms with E-state index in [4.69, 9.17) is 28.9 Å². The third kappa shape index (κ3) is 10.1. The molecule has 0 bridgehead atoms. The third-order valence-electron chi connectivity index (χ3n) is 13.2. The molecule has 9 rings (SSSR count). The minimum absolute atomic E-state index is 0.354. The average Bonchev–Trinajstić information content (AvgIpc) is 3.92. The molecule has 0 saturated carbocycles. The van der Waals surface area contributed by atoms with Gasteiger partial charge in [-0.1, -0.05) is 18.2 Å². The molecule has 0 fully saturated rings. The van der Waals surface area contributed by atoms with Crippen molar-refractivity contribution in [1.29, 1.82) is 0 Å². The second kappa shape index (κ2) is 19.3. The lowest BCUT2D eigenvalue weighted by Crippen LogP contribution is -2.29. The monoisotopic (exact) mass is 946 g/mol. The van der Waals surface area contributed by atoms with Gasteiger partial charge >= 0.3 is 11.9 Å². The van der Waals surface area contributed by atoms with Crippen LogP contribution in [0.1, 0.15) is 128 Å². The Labute approximate surface area is 403 Å². The number of aromatic nitrogens is 2. The minimum atomic E-state index is -1.22. The number of aliphatic carboxylic acids is 2. The van der Waals surface area contributed by atoms with E-state index in [2.05, 4.69) is 25.2 Å². The Bertz CT molecular complexity index is 2830. The van der Waals surface area contributed by atoms with Crippen molar-refractivity contribution in [3.05, 3.63) is 116 Å². The minimum Gasteiger partial charge on any atom is -0.493 e. The van der Waals surface area contributed by atoms with E-state index in [9.17, 15) is 28.6 Å². The zero-order chi connectivity index (χ0) is 49.7. The standard InChI is InChI=1S/C31H34F2N2O4.C24H30N2O4/c1-17-20-7-6-14-38-25(20)11-9-21(17)27-22-12-13-35(16-19-8-10-23(32)24(33)15-19)29(22)34-18(2)26(27)28(30(36)37)39-31(3,4)5;1-13-15-7-6-12-29-18(15)9-8-16(13)20-17-10-11-25-22(17)26-14(2)19(20)21(23(27)28)30-24(3,4)5/h8-11,15,28H,6-7,12-14,16H2,1-5H3,(H,36,37);8-9,21H,6-7,10-12H2,1-5H3,(H,25,26)(H,27,28)/t28-;21-/m00/s1. The van der Waals surface area contributed by atoms with Crippen molar-refractivity contribution in [2.75, 3.05) is 36.5 Å². The van der Waals surface area contributed by atoms with E-state index in [0.29, 0.717) is 54.2 Å². The summed E-state index contributed by atoms with van der Waals surface area (Å²) in [4.78, 5) is 36.6. The second-order valence-electron chi connectivity index (χ2n) is 20.4. The number of hydrogen-bond donors (Lipinski definition) is 3. The molecule has 4 aliphatic rings. The highest BCUT2D eigenvalue weighted by Gasteiger charge is 2.38. The summed E-state index contributed by atoms with van der Waals surface area (Å²) in [6.07, 6.45) is 2.89. The van der Waals surface area contributed by atoms with Crippen molar-refractivity contribution in [3.63, 3.8) is 0 Å². The van der Waals surface area contributed by atoms with E-state index < -0.39 is 47.0 Å². The summed E-state index contributed by atoms with van der Waals surface area (Å²) < 4.78 is 51.4. The normalized spacial score (nSPS) is 15.9. The van der Waals surface area contributed by atoms with Gasteiger partial charge in [0, 0.05) is 53.3 Å². The smallest absolute Gasteiger partial charge is 0.337 e. The fourth-order valence-corrected chi connectivity index (χ4v) is 10.2. The zero-order valence-electron chi connectivity index (χ0n) is 41.4. The number of rotatable bonds is 10. The molecule has 0 radical (unpaired) electrons. The molecule has 0 amide bonds. The Morgan fingerprint density at radius 2 is 1.22 bits per heavy atom. The molecular formula is C55H64F2N4O8. The summed E-state index contributed by atoms with van der Waals surface area (Å²) >= 11 is 0. The van der Waals surface area contributed by atoms with Gasteiger partial charge in [0.25, 0.3) is 0 Å². The largest absolute Gasteiger partial charge is 0.493 e. The number of carboxylic acids is 2. The molecule has 366 valence electrons. The summed E-state index contributed by atoms with van der Waals surface area (Å²) in [5, 5.41) is 23.8. The number of ether oxygens (including phenoxy) is 4. The Kier molecular flexibility index (Phi) is 13.8. The van der Waals surface area contributed by atoms with Gasteiger partial charge in [-0.2, -0.15) is 0 Å². The van der Waals surface area contributed by atoms with Gasteiger partial charge in [-0.15, -0.1) is 0 Å². The first-order valence-corrected chi connectivity index (χ1v) is 23.9. The first kappa shape index (κ1) is 49.3. The van der Waals surface area contributed by atoms with Gasteiger partial charge in [-0.25, -0.2) is 28.3 Å². The summed E-state index contributed by atoms with van der Waals surface area (Å²) in [6.45, 7) is 22.2. The highest BCUT2D eigenvalue weighted by molar-refractivity contribution is 5.88. The average molecular weight is 947 g/mol. The van der Waals surface area contributed by atoms with Crippen LogP contribution in [-0.4, -0.2) is 69.6 Å². The number of anilines is 2. The topological polar surface area (TPSA) is 153 Å². The van der Waals surface area contributed by atoms with Crippen LogP contribution in [0.25, 0.3) is 22.3 Å². The Morgan fingerprint density at radius 1 is 0.696 bits per heavy atom. The van der Waals surface area contributed by atoms with E-state index in [-0.39, 0.29) is 0 Å². The number of fused-ring (bicyclic) bond motifs is 4. The van der Waals surface area contributed by atoms with Crippen LogP contribution in [0.5, 0.6) is 11.5 Å². The first-order chi connectivity index (χ1) is 32.6. The predicted molar refractivity (Wildman–Crippen MR) is 262 cm³/mol. The third-order valence-corrected chi connectivity index (χ3v) is 13.2. The number of benzene rings is 3. The molecule has 0 aliphatic carbocycles. The van der Waals surface area contributed by atoms with Gasteiger partial charge in [-0.05, 0) is 182 Å². The maximum Gasteiger partial charge on any atom is 0.337 e. The molecule has 0 saturated heterocycles. The predicted octanol–water partition coefficient (Wildman–Crippen LogP) is 11.1. The van der Waals surface area contributed by atoms with Gasteiger partial charge in [0.1, 0.15) is 23.1 Å². The number of carbonyl (C=O) groups is 2. The Morgan fingerprint density at radius 3 is 1.72 bits per heavy atom. The number of hydrogen-bond acceptors (Lipinski definition) is 10. The fourth-order valence-electron chi connectivity index (χ4n) is 10.2. The molecule has 0 unspecified atom stereocenters. The van der Waals surface area contributed by atoms with E-state index in [1.807, 2.05) is 78.5 Å². The van der Waals surface area contributed by atoms with E-state index in [1.54, 1.807) is 6.07 Å². The molecule has 3 aromatic carbocycles. The molecule has 14 heteroatoms. The molecule has 3 N–H and O–H groups in total. The van der Waals surface area contributed by atoms with Crippen molar-refractivity contribution >= 4 is 23.6 Å². The van der Waals surface area contributed by atoms with E-state index in [0.717, 1.165) is 125 Å². The van der Waals surface area contributed by atoms with Crippen molar-refractivity contribution in [2.24, 2.45) is 0 Å². The maximum atomic E-state index is 13.9. The summed E-state index contributed by atoms with van der Waals surface area (Å²) in [5.74, 6) is -0.469. The van der Waals surface area contributed by atoms with Gasteiger partial charge < -0.3 is 39.4 Å². The highest BCUT2D eigenvalue weighted by atomic mass is 19.2. The molecule has 6 heterocycles. The van der Waals surface area contributed by atoms with Crippen LogP contribution < -0.4 is 19.7 Å². The van der Waals surface area contributed by atoms with Gasteiger partial charge in [0.05, 0.1) is 24.4 Å². The lowest BCUT2D eigenvalue weighted by atomic mass is 9.85. The van der Waals surface area contributed by atoms with Gasteiger partial charge in [-0.3, -0.25) is 0 Å². The van der Waals surface area contributed by atoms with Crippen molar-refractivity contribution in [2.45, 2.75) is 138 Å². The molecule has 0 spiro atoms. The van der Waals surface area contributed by atoms with Crippen molar-refractivity contribution in [3.8, 4) is 33.8 Å². The summed E-state index contributed by atoms with van der Waals surface area (Å²) in [7, 11) is 0. The Hall–Kier alpha value is -6.12. The lowest BCUT2D eigenvalue weighted by Gasteiger charge is -2.30. The first-order valence-electron chi connectivity index (χ1n) is 23.9. The SMILES string of the molecule is Cc1nc2c(c(-c3ccc4c(c3C)CCCO4)c1[C@H](OC(C)(C)C)C(=O)O)CCN2.Cc1nc2c(c(-c3ccc4c(c3C)CCCO4)c1[C@H](OC(C)(C)C)C(=O)O)CCN2Cc1ccc(F)c(F)c1. The summed E-state index contributed by atoms with van der Waals surface area (Å²) in [6, 6.07) is 12.0. The van der Waals surface area contributed by atoms with Crippen LogP contribution in [0.15, 0.2) is 42.5 Å². The highest BCUT2D eigenvalue weighted by Crippen LogP contribution is 2.47. The zero-order valence-corrected chi connectivity index (χ0v) is 41.4. The van der Waals surface area contributed by atoms with Crippen LogP contribution in [0, 0.1) is 39.3 Å². The second-order valence-corrected chi connectivity index (χ2v) is 20.4. The molecular weight excluding hydrogens is 883 g/mol. The van der Waals surface area contributed by atoms with Crippen LogP contribution >= 0.6 is 0 Å². The summed E-state index contributed by atoms with van der Waals surface area (Å²) in [5.41, 5.74) is 12.1. The van der Waals surface area contributed by atoms with Gasteiger partial charge in [0.15, 0.2) is 23.8 Å². The number of aryl methyl sites for hydroxylation is 2. The molecule has 2 aromatic heterocycles. The van der Waals surface area contributed by atoms with Crippen LogP contribution in [-0.2, 0) is 51.3 Å². The van der Waals surface area contributed by atoms with Crippen molar-refractivity contribution in [1.82, 2.24) is 9.97 Å². The number of nitrogens with one attached hydrogen (secondary N) is 1. The van der Waals surface area contributed by atoms with Crippen LogP contribution in [0.4, 0.5) is 20.4 Å². The van der Waals surface area contributed by atoms with Crippen molar-refractivity contribution < 1.29 is 47.5 Å². The van der Waals surface area contributed by atoms with E-state index in [1.165, 1.54) is 11.6 Å². The maximum absolute atomic E-state index is 13.9. The molecule has 5 aromatic rings. The lowest BCUT2D eigenvalue weighted by molar-refractivity contribution is -0.161. The fraction of sp³-hybridized carbons (Fsp3) is 0.455. The number of carboxylic acid groups (broad SMARTS) is 2. The van der Waals surface area contributed by atoms with Crippen LogP contribution in [0.3, 0.4) is 0 Å². The number of nitrogens with zero attached hydrogens (tertiary/aromatic N) is 3. The van der Waals surface area contributed by atoms with Gasteiger partial charge in [0.2, 0.25) is 0 Å². The molecule has 2 atom stereocenters.